The molecule has 4 aliphatic carbocycles. The van der Waals surface area contributed by atoms with Gasteiger partial charge in [-0.3, -0.25) is 14.4 Å². The molecule has 0 radical (unpaired) electrons. The Bertz CT molecular complexity index is 1080. The number of amides is 3. The van der Waals surface area contributed by atoms with Gasteiger partial charge in [0.15, 0.2) is 6.61 Å². The summed E-state index contributed by atoms with van der Waals surface area (Å²) in [6, 6.07) is 2.83. The largest absolute Gasteiger partial charge is 0.484 e. The Kier molecular flexibility index (Phi) is 7.04. The highest BCUT2D eigenvalue weighted by Gasteiger charge is 2.57. The van der Waals surface area contributed by atoms with Crippen LogP contribution in [0.15, 0.2) is 18.2 Å². The van der Waals surface area contributed by atoms with Crippen LogP contribution in [0.25, 0.3) is 0 Å². The molecule has 202 valence electrons. The second kappa shape index (κ2) is 9.98. The number of carbonyl (C=O) groups excluding carboxylic acids is 3. The third-order valence-corrected chi connectivity index (χ3v) is 8.31. The molecule has 0 aromatic heterocycles. The van der Waals surface area contributed by atoms with Crippen molar-refractivity contribution in [3.63, 3.8) is 0 Å². The summed E-state index contributed by atoms with van der Waals surface area (Å²) in [6.07, 6.45) is 2.27. The molecule has 1 heterocycles. The van der Waals surface area contributed by atoms with Gasteiger partial charge in [0.1, 0.15) is 11.6 Å². The van der Waals surface area contributed by atoms with Crippen LogP contribution in [0.1, 0.15) is 44.9 Å². The van der Waals surface area contributed by atoms with E-state index in [1.807, 2.05) is 0 Å². The van der Waals surface area contributed by atoms with Gasteiger partial charge in [-0.05, 0) is 56.7 Å². The number of hydrogen-bond donors (Lipinski definition) is 4. The second-order valence-corrected chi connectivity index (χ2v) is 11.3. The molecule has 5 aliphatic rings. The van der Waals surface area contributed by atoms with Gasteiger partial charge in [0.25, 0.3) is 11.8 Å². The molecule has 2 unspecified atom stereocenters. The van der Waals surface area contributed by atoms with Gasteiger partial charge < -0.3 is 26.0 Å². The van der Waals surface area contributed by atoms with E-state index in [9.17, 15) is 27.6 Å². The second-order valence-electron chi connectivity index (χ2n) is 10.9. The maximum Gasteiger partial charge on any atom is 0.258 e. The minimum Gasteiger partial charge on any atom is -0.484 e. The first-order valence-electron chi connectivity index (χ1n) is 12.6. The van der Waals surface area contributed by atoms with Crippen molar-refractivity contribution in [3.8, 4) is 5.75 Å². The van der Waals surface area contributed by atoms with Crippen LogP contribution in [0.4, 0.5) is 13.2 Å². The Morgan fingerprint density at radius 3 is 2.54 bits per heavy atom. The highest BCUT2D eigenvalue weighted by molar-refractivity contribution is 6.30. The molecular weight excluding hydrogens is 513 g/mol. The van der Waals surface area contributed by atoms with Crippen LogP contribution >= 0.6 is 11.6 Å². The van der Waals surface area contributed by atoms with E-state index in [2.05, 4.69) is 21.3 Å². The summed E-state index contributed by atoms with van der Waals surface area (Å²) < 4.78 is 45.0. The predicted molar refractivity (Wildman–Crippen MR) is 128 cm³/mol. The zero-order valence-corrected chi connectivity index (χ0v) is 20.9. The van der Waals surface area contributed by atoms with Crippen molar-refractivity contribution in [1.82, 2.24) is 21.3 Å². The van der Waals surface area contributed by atoms with E-state index in [4.69, 9.17) is 16.3 Å². The number of hydrogen-bond acceptors (Lipinski definition) is 5. The van der Waals surface area contributed by atoms with Gasteiger partial charge in [-0.15, -0.1) is 0 Å². The summed E-state index contributed by atoms with van der Waals surface area (Å²) >= 11 is 5.65. The third kappa shape index (κ3) is 5.82. The zero-order valence-electron chi connectivity index (χ0n) is 20.1. The molecule has 6 rings (SSSR count). The smallest absolute Gasteiger partial charge is 0.258 e. The van der Waals surface area contributed by atoms with Crippen LogP contribution in [0, 0.1) is 17.7 Å². The van der Waals surface area contributed by atoms with Crippen LogP contribution < -0.4 is 26.0 Å². The van der Waals surface area contributed by atoms with Gasteiger partial charge in [0.2, 0.25) is 11.8 Å². The first-order valence-corrected chi connectivity index (χ1v) is 13.0. The maximum absolute atomic E-state index is 13.5. The van der Waals surface area contributed by atoms with Crippen LogP contribution in [-0.2, 0) is 14.4 Å². The molecule has 4 N–H and O–H groups in total. The molecule has 2 bridgehead atoms. The average molecular weight is 543 g/mol. The van der Waals surface area contributed by atoms with Gasteiger partial charge in [0.05, 0.1) is 11.1 Å². The highest BCUT2D eigenvalue weighted by Crippen LogP contribution is 2.52. The Labute approximate surface area is 217 Å². The monoisotopic (exact) mass is 542 g/mol. The summed E-state index contributed by atoms with van der Waals surface area (Å²) in [5.41, 5.74) is -0.401. The number of nitrogens with one attached hydrogen (secondary N) is 4. The fraction of sp³-hybridized carbons (Fsp3) is 0.640. The number of halogens is 4. The van der Waals surface area contributed by atoms with E-state index in [-0.39, 0.29) is 59.9 Å². The lowest BCUT2D eigenvalue weighted by atomic mass is 9.76. The molecule has 0 spiro atoms. The molecule has 5 fully saturated rings. The van der Waals surface area contributed by atoms with E-state index in [1.165, 1.54) is 12.1 Å². The van der Waals surface area contributed by atoms with Crippen LogP contribution in [0.3, 0.4) is 0 Å². The third-order valence-electron chi connectivity index (χ3n) is 8.01. The van der Waals surface area contributed by atoms with Crippen LogP contribution in [0.5, 0.6) is 5.75 Å². The molecular formula is C25H30ClF3N4O4. The lowest BCUT2D eigenvalue weighted by molar-refractivity contribution is -0.134. The van der Waals surface area contributed by atoms with E-state index in [1.54, 1.807) is 0 Å². The standard InChI is InChI=1S/C25H30ClF3N4O4/c26-17-2-1-16(6-18(17)27)37-12-21(34)33-24-7-14(8-24)20(11-24)32-23(36)19-5-13(3-4-30-19)22(35)31-15-9-25(28,29)10-15/h1-2,6,13-15,19-20,30H,3-5,7-12H2,(H,31,35)(H,32,36)(H,33,34)/t13?,14?,19?,20-,24?/m0/s1. The summed E-state index contributed by atoms with van der Waals surface area (Å²) in [7, 11) is 0. The van der Waals surface area contributed by atoms with E-state index in [0.29, 0.717) is 25.8 Å². The van der Waals surface area contributed by atoms with Crippen molar-refractivity contribution in [2.75, 3.05) is 13.2 Å². The Morgan fingerprint density at radius 2 is 1.84 bits per heavy atom. The lowest BCUT2D eigenvalue weighted by Crippen LogP contribution is -2.56. The molecule has 3 atom stereocenters. The minimum absolute atomic E-state index is 0.0292. The summed E-state index contributed by atoms with van der Waals surface area (Å²) in [5, 5.41) is 11.9. The number of piperidine rings is 1. The van der Waals surface area contributed by atoms with Gasteiger partial charge in [-0.1, -0.05) is 11.6 Å². The van der Waals surface area contributed by atoms with Gasteiger partial charge >= 0.3 is 0 Å². The van der Waals surface area contributed by atoms with Crippen molar-refractivity contribution in [3.05, 3.63) is 29.0 Å². The van der Waals surface area contributed by atoms with Crippen molar-refractivity contribution in [1.29, 1.82) is 0 Å². The molecule has 8 nitrogen and oxygen atoms in total. The summed E-state index contributed by atoms with van der Waals surface area (Å²) in [5.74, 6) is -4.06. The maximum atomic E-state index is 13.5. The number of carbonyl (C=O) groups is 3. The highest BCUT2D eigenvalue weighted by atomic mass is 35.5. The number of rotatable bonds is 8. The number of fused-ring (bicyclic) bond motifs is 1. The number of alkyl halides is 2. The SMILES string of the molecule is O=C(COc1ccc(Cl)c(F)c1)NC12CC(C1)[C@@H](NC(=O)C1CC(C(=O)NC3CC(F)(F)C3)CCN1)C2. The number of benzene rings is 1. The van der Waals surface area contributed by atoms with Crippen LogP contribution in [-0.4, -0.2) is 60.5 Å². The molecule has 3 amide bonds. The number of ether oxygens (including phenoxy) is 1. The Hall–Kier alpha value is -2.53. The molecule has 1 aliphatic heterocycles. The first-order chi connectivity index (χ1) is 17.5. The van der Waals surface area contributed by atoms with Crippen molar-refractivity contribution in [2.24, 2.45) is 11.8 Å². The predicted octanol–water partition coefficient (Wildman–Crippen LogP) is 2.29. The quantitative estimate of drug-likeness (QED) is 0.403. The molecule has 1 aromatic rings. The molecule has 1 saturated heterocycles. The van der Waals surface area contributed by atoms with E-state index < -0.39 is 35.3 Å². The van der Waals surface area contributed by atoms with E-state index in [0.717, 1.165) is 18.9 Å². The first kappa shape index (κ1) is 26.1. The van der Waals surface area contributed by atoms with Gasteiger partial charge in [-0.25, -0.2) is 13.2 Å². The average Bonchev–Trinajstić information content (AvgIpc) is 3.32. The van der Waals surface area contributed by atoms with Crippen molar-refractivity contribution >= 4 is 29.3 Å². The lowest BCUT2D eigenvalue weighted by Gasteiger charge is -2.39. The Morgan fingerprint density at radius 1 is 1.08 bits per heavy atom. The topological polar surface area (TPSA) is 109 Å². The van der Waals surface area contributed by atoms with Crippen molar-refractivity contribution in [2.45, 2.75) is 74.5 Å². The Balaban J connectivity index is 1.06. The molecule has 37 heavy (non-hydrogen) atoms. The molecule has 4 saturated carbocycles. The summed E-state index contributed by atoms with van der Waals surface area (Å²) in [6.45, 7) is 0.223. The summed E-state index contributed by atoms with van der Waals surface area (Å²) in [4.78, 5) is 37.9. The van der Waals surface area contributed by atoms with Crippen molar-refractivity contribution < 1.29 is 32.3 Å². The van der Waals surface area contributed by atoms with Gasteiger partial charge in [-0.2, -0.15) is 0 Å². The zero-order chi connectivity index (χ0) is 26.4. The minimum atomic E-state index is -2.70. The van der Waals surface area contributed by atoms with Gasteiger partial charge in [0, 0.05) is 42.4 Å². The fourth-order valence-corrected chi connectivity index (χ4v) is 6.19. The normalized spacial score (nSPS) is 32.0. The molecule has 12 heteroatoms. The fourth-order valence-electron chi connectivity index (χ4n) is 6.07. The van der Waals surface area contributed by atoms with E-state index >= 15 is 0 Å². The molecule has 1 aromatic carbocycles. The van der Waals surface area contributed by atoms with Crippen LogP contribution in [0.2, 0.25) is 5.02 Å².